The molecule has 74 valence electrons. The molecule has 1 saturated carbocycles. The van der Waals surface area contributed by atoms with E-state index in [1.807, 2.05) is 12.1 Å². The molecule has 0 unspecified atom stereocenters. The minimum Gasteiger partial charge on any atom is -0.423 e. The highest BCUT2D eigenvalue weighted by Gasteiger charge is 2.17. The van der Waals surface area contributed by atoms with Gasteiger partial charge in [0.15, 0.2) is 0 Å². The monoisotopic (exact) mass is 191 g/mol. The van der Waals surface area contributed by atoms with Crippen LogP contribution < -0.4 is 10.8 Å². The maximum Gasteiger partial charge on any atom is 0.488 e. The SMILES string of the molecule is OB(O)c1cccc(NC2CCC2)c1. The highest BCUT2D eigenvalue weighted by atomic mass is 16.4. The van der Waals surface area contributed by atoms with E-state index in [-0.39, 0.29) is 0 Å². The average molecular weight is 191 g/mol. The second-order valence-corrected chi connectivity index (χ2v) is 3.77. The average Bonchev–Trinajstić information content (AvgIpc) is 2.12. The van der Waals surface area contributed by atoms with Crippen molar-refractivity contribution in [1.82, 2.24) is 0 Å². The first-order valence-electron chi connectivity index (χ1n) is 4.98. The van der Waals surface area contributed by atoms with Crippen LogP contribution in [0.25, 0.3) is 0 Å². The summed E-state index contributed by atoms with van der Waals surface area (Å²) < 4.78 is 0. The number of anilines is 1. The fourth-order valence-electron chi connectivity index (χ4n) is 1.58. The lowest BCUT2D eigenvalue weighted by molar-refractivity contribution is 0.425. The van der Waals surface area contributed by atoms with Crippen LogP contribution >= 0.6 is 0 Å². The van der Waals surface area contributed by atoms with E-state index in [0.717, 1.165) is 5.69 Å². The Labute approximate surface area is 83.9 Å². The largest absolute Gasteiger partial charge is 0.488 e. The Bertz CT molecular complexity index is 313. The van der Waals surface area contributed by atoms with Gasteiger partial charge < -0.3 is 15.4 Å². The van der Waals surface area contributed by atoms with E-state index in [1.165, 1.54) is 19.3 Å². The summed E-state index contributed by atoms with van der Waals surface area (Å²) in [6.45, 7) is 0. The highest BCUT2D eigenvalue weighted by Crippen LogP contribution is 2.22. The molecular formula is C10H14BNO2. The Kier molecular flexibility index (Phi) is 2.75. The topological polar surface area (TPSA) is 52.5 Å². The summed E-state index contributed by atoms with van der Waals surface area (Å²) in [5.74, 6) is 0. The molecular weight excluding hydrogens is 177 g/mol. The Balaban J connectivity index is 2.05. The van der Waals surface area contributed by atoms with Crippen molar-refractivity contribution in [3.63, 3.8) is 0 Å². The Morgan fingerprint density at radius 1 is 1.29 bits per heavy atom. The third kappa shape index (κ3) is 2.08. The molecule has 14 heavy (non-hydrogen) atoms. The Hall–Kier alpha value is -0.995. The van der Waals surface area contributed by atoms with E-state index in [9.17, 15) is 0 Å². The van der Waals surface area contributed by atoms with Gasteiger partial charge in [0.25, 0.3) is 0 Å². The molecule has 3 nitrogen and oxygen atoms in total. The van der Waals surface area contributed by atoms with Gasteiger partial charge in [0, 0.05) is 11.7 Å². The molecule has 0 saturated heterocycles. The molecule has 4 heteroatoms. The van der Waals surface area contributed by atoms with Crippen molar-refractivity contribution in [2.45, 2.75) is 25.3 Å². The van der Waals surface area contributed by atoms with Crippen LogP contribution in [0.4, 0.5) is 5.69 Å². The molecule has 2 rings (SSSR count). The number of benzene rings is 1. The molecule has 0 aliphatic heterocycles. The molecule has 0 amide bonds. The van der Waals surface area contributed by atoms with E-state index >= 15 is 0 Å². The quantitative estimate of drug-likeness (QED) is 0.603. The molecule has 0 heterocycles. The lowest BCUT2D eigenvalue weighted by atomic mass is 9.80. The minimum atomic E-state index is -1.38. The van der Waals surface area contributed by atoms with Crippen molar-refractivity contribution in [2.75, 3.05) is 5.32 Å². The lowest BCUT2D eigenvalue weighted by Gasteiger charge is -2.27. The van der Waals surface area contributed by atoms with Gasteiger partial charge in [0.1, 0.15) is 0 Å². The number of rotatable bonds is 3. The number of hydrogen-bond donors (Lipinski definition) is 3. The maximum atomic E-state index is 8.98. The fraction of sp³-hybridized carbons (Fsp3) is 0.400. The second kappa shape index (κ2) is 4.03. The van der Waals surface area contributed by atoms with Gasteiger partial charge in [-0.2, -0.15) is 0 Å². The van der Waals surface area contributed by atoms with Gasteiger partial charge in [-0.1, -0.05) is 12.1 Å². The molecule has 0 spiro atoms. The Morgan fingerprint density at radius 2 is 2.07 bits per heavy atom. The maximum absolute atomic E-state index is 8.98. The van der Waals surface area contributed by atoms with Crippen LogP contribution in [-0.4, -0.2) is 23.2 Å². The van der Waals surface area contributed by atoms with E-state index in [1.54, 1.807) is 12.1 Å². The standard InChI is InChI=1S/C10H14BNO2/c13-11(14)8-3-1-6-10(7-8)12-9-4-2-5-9/h1,3,6-7,9,12-14H,2,4-5H2. The van der Waals surface area contributed by atoms with Crippen LogP contribution in [0.5, 0.6) is 0 Å². The minimum absolute atomic E-state index is 0.536. The van der Waals surface area contributed by atoms with Crippen molar-refractivity contribution in [1.29, 1.82) is 0 Å². The Morgan fingerprint density at radius 3 is 2.64 bits per heavy atom. The molecule has 0 aromatic heterocycles. The lowest BCUT2D eigenvalue weighted by Crippen LogP contribution is -2.31. The zero-order valence-electron chi connectivity index (χ0n) is 7.98. The van der Waals surface area contributed by atoms with Crippen molar-refractivity contribution in [3.05, 3.63) is 24.3 Å². The van der Waals surface area contributed by atoms with Crippen molar-refractivity contribution in [3.8, 4) is 0 Å². The summed E-state index contributed by atoms with van der Waals surface area (Å²) >= 11 is 0. The van der Waals surface area contributed by atoms with Crippen LogP contribution in [0, 0.1) is 0 Å². The zero-order chi connectivity index (χ0) is 9.97. The van der Waals surface area contributed by atoms with Gasteiger partial charge in [-0.25, -0.2) is 0 Å². The smallest absolute Gasteiger partial charge is 0.423 e. The van der Waals surface area contributed by atoms with Crippen LogP contribution in [0.1, 0.15) is 19.3 Å². The van der Waals surface area contributed by atoms with Crippen LogP contribution in [0.3, 0.4) is 0 Å². The van der Waals surface area contributed by atoms with Gasteiger partial charge in [-0.3, -0.25) is 0 Å². The third-order valence-corrected chi connectivity index (χ3v) is 2.66. The summed E-state index contributed by atoms with van der Waals surface area (Å²) in [6.07, 6.45) is 3.72. The molecule has 0 bridgehead atoms. The van der Waals surface area contributed by atoms with Crippen molar-refractivity contribution >= 4 is 18.3 Å². The van der Waals surface area contributed by atoms with E-state index in [0.29, 0.717) is 11.5 Å². The second-order valence-electron chi connectivity index (χ2n) is 3.77. The first-order valence-corrected chi connectivity index (χ1v) is 4.98. The number of hydrogen-bond acceptors (Lipinski definition) is 3. The summed E-state index contributed by atoms with van der Waals surface area (Å²) in [7, 11) is -1.38. The van der Waals surface area contributed by atoms with Gasteiger partial charge in [-0.05, 0) is 36.9 Å². The summed E-state index contributed by atoms with van der Waals surface area (Å²) in [5.41, 5.74) is 1.51. The highest BCUT2D eigenvalue weighted by molar-refractivity contribution is 6.58. The molecule has 1 aliphatic carbocycles. The summed E-state index contributed by atoms with van der Waals surface area (Å²) in [4.78, 5) is 0. The van der Waals surface area contributed by atoms with Gasteiger partial charge in [-0.15, -0.1) is 0 Å². The molecule has 3 N–H and O–H groups in total. The predicted molar refractivity (Wildman–Crippen MR) is 57.5 cm³/mol. The molecule has 1 aliphatic rings. The van der Waals surface area contributed by atoms with Crippen molar-refractivity contribution < 1.29 is 10.0 Å². The van der Waals surface area contributed by atoms with Crippen LogP contribution in [0.15, 0.2) is 24.3 Å². The van der Waals surface area contributed by atoms with Gasteiger partial charge in [0.2, 0.25) is 0 Å². The fourth-order valence-corrected chi connectivity index (χ4v) is 1.58. The molecule has 1 fully saturated rings. The van der Waals surface area contributed by atoms with E-state index in [2.05, 4.69) is 5.32 Å². The van der Waals surface area contributed by atoms with E-state index in [4.69, 9.17) is 10.0 Å². The number of nitrogens with one attached hydrogen (secondary N) is 1. The van der Waals surface area contributed by atoms with Crippen LogP contribution in [-0.2, 0) is 0 Å². The molecule has 1 aromatic rings. The summed E-state index contributed by atoms with van der Waals surface area (Å²) in [5, 5.41) is 21.3. The first kappa shape index (κ1) is 9.56. The zero-order valence-corrected chi connectivity index (χ0v) is 7.98. The summed E-state index contributed by atoms with van der Waals surface area (Å²) in [6, 6.07) is 7.83. The molecule has 0 radical (unpaired) electrons. The first-order chi connectivity index (χ1) is 6.75. The van der Waals surface area contributed by atoms with Gasteiger partial charge >= 0.3 is 7.12 Å². The van der Waals surface area contributed by atoms with Gasteiger partial charge in [0.05, 0.1) is 0 Å². The normalized spacial score (nSPS) is 16.1. The third-order valence-electron chi connectivity index (χ3n) is 2.66. The van der Waals surface area contributed by atoms with Crippen molar-refractivity contribution in [2.24, 2.45) is 0 Å². The molecule has 0 atom stereocenters. The van der Waals surface area contributed by atoms with Crippen LogP contribution in [0.2, 0.25) is 0 Å². The molecule has 1 aromatic carbocycles. The van der Waals surface area contributed by atoms with E-state index < -0.39 is 7.12 Å². The predicted octanol–water partition coefficient (Wildman–Crippen LogP) is 0.331.